The number of rotatable bonds is 4. The molecule has 0 aliphatic rings. The Balaban J connectivity index is 2.26. The Hall–Kier alpha value is -2.21. The van der Waals surface area contributed by atoms with E-state index in [0.717, 1.165) is 5.56 Å². The van der Waals surface area contributed by atoms with Gasteiger partial charge >= 0.3 is 0 Å². The van der Waals surface area contributed by atoms with E-state index in [9.17, 15) is 10.1 Å². The largest absolute Gasteiger partial charge is 0.326 e. The fraction of sp³-hybridized carbons (Fsp3) is 0.182. The number of nitrogens with two attached hydrogens (primary N) is 1. The molecule has 0 aliphatic carbocycles. The lowest BCUT2D eigenvalue weighted by Crippen LogP contribution is -2.03. The number of para-hydroxylation sites is 1. The number of nitrogens with zero attached hydrogens (tertiary/aromatic N) is 3. The molecule has 2 aromatic rings. The van der Waals surface area contributed by atoms with Crippen LogP contribution in [0.25, 0.3) is 0 Å². The molecule has 1 heterocycles. The van der Waals surface area contributed by atoms with Crippen molar-refractivity contribution in [2.75, 3.05) is 0 Å². The van der Waals surface area contributed by atoms with Gasteiger partial charge in [0.15, 0.2) is 0 Å². The molecule has 88 valence electrons. The molecule has 0 spiro atoms. The lowest BCUT2D eigenvalue weighted by Gasteiger charge is -2.02. The first kappa shape index (κ1) is 11.3. The van der Waals surface area contributed by atoms with Gasteiger partial charge in [0.25, 0.3) is 5.69 Å². The predicted octanol–water partition coefficient (Wildman–Crippen LogP) is 1.30. The molecular weight excluding hydrogens is 220 g/mol. The maximum Gasteiger partial charge on any atom is 0.274 e. The van der Waals surface area contributed by atoms with Gasteiger partial charge in [-0.25, -0.2) is 0 Å². The molecule has 0 saturated heterocycles. The third kappa shape index (κ3) is 2.48. The van der Waals surface area contributed by atoms with Gasteiger partial charge in [-0.15, -0.1) is 0 Å². The molecule has 0 unspecified atom stereocenters. The van der Waals surface area contributed by atoms with Crippen LogP contribution in [0, 0.1) is 10.1 Å². The highest BCUT2D eigenvalue weighted by Gasteiger charge is 2.12. The molecule has 0 saturated carbocycles. The second kappa shape index (κ2) is 4.75. The molecule has 0 radical (unpaired) electrons. The zero-order valence-electron chi connectivity index (χ0n) is 9.11. The Morgan fingerprint density at radius 1 is 1.41 bits per heavy atom. The normalized spacial score (nSPS) is 10.4. The molecule has 6 nitrogen and oxygen atoms in total. The highest BCUT2D eigenvalue weighted by Crippen LogP contribution is 2.18. The fourth-order valence-electron chi connectivity index (χ4n) is 1.60. The van der Waals surface area contributed by atoms with Gasteiger partial charge in [-0.05, 0) is 0 Å². The van der Waals surface area contributed by atoms with Crippen LogP contribution in [0.1, 0.15) is 11.1 Å². The molecule has 6 heteroatoms. The number of hydrogen-bond acceptors (Lipinski definition) is 4. The smallest absolute Gasteiger partial charge is 0.274 e. The van der Waals surface area contributed by atoms with Gasteiger partial charge in [0.1, 0.15) is 0 Å². The van der Waals surface area contributed by atoms with Gasteiger partial charge in [-0.1, -0.05) is 18.2 Å². The van der Waals surface area contributed by atoms with Crippen LogP contribution >= 0.6 is 0 Å². The van der Waals surface area contributed by atoms with E-state index in [0.29, 0.717) is 18.7 Å². The van der Waals surface area contributed by atoms with Crippen LogP contribution in [0.5, 0.6) is 0 Å². The third-order valence-corrected chi connectivity index (χ3v) is 2.44. The summed E-state index contributed by atoms with van der Waals surface area (Å²) >= 11 is 0. The van der Waals surface area contributed by atoms with Gasteiger partial charge in [-0.3, -0.25) is 14.8 Å². The van der Waals surface area contributed by atoms with E-state index in [1.165, 1.54) is 6.07 Å². The van der Waals surface area contributed by atoms with Crippen molar-refractivity contribution in [3.05, 3.63) is 57.9 Å². The molecule has 17 heavy (non-hydrogen) atoms. The molecule has 0 fully saturated rings. The van der Waals surface area contributed by atoms with Crippen molar-refractivity contribution >= 4 is 5.69 Å². The minimum absolute atomic E-state index is 0.109. The van der Waals surface area contributed by atoms with Crippen molar-refractivity contribution in [3.63, 3.8) is 0 Å². The van der Waals surface area contributed by atoms with E-state index in [4.69, 9.17) is 5.73 Å². The number of nitro benzene ring substituents is 1. The SMILES string of the molecule is NCc1cnn(Cc2ccccc2[N+](=O)[O-])c1. The van der Waals surface area contributed by atoms with E-state index < -0.39 is 0 Å². The van der Waals surface area contributed by atoms with E-state index in [1.54, 1.807) is 35.3 Å². The van der Waals surface area contributed by atoms with E-state index >= 15 is 0 Å². The van der Waals surface area contributed by atoms with Crippen molar-refractivity contribution in [3.8, 4) is 0 Å². The first-order valence-corrected chi connectivity index (χ1v) is 5.14. The van der Waals surface area contributed by atoms with Crippen LogP contribution in [0.4, 0.5) is 5.69 Å². The molecule has 1 aromatic carbocycles. The van der Waals surface area contributed by atoms with Crippen molar-refractivity contribution in [1.29, 1.82) is 0 Å². The Bertz CT molecular complexity index is 536. The Labute approximate surface area is 97.8 Å². The highest BCUT2D eigenvalue weighted by molar-refractivity contribution is 5.39. The van der Waals surface area contributed by atoms with Crippen LogP contribution in [0.15, 0.2) is 36.7 Å². The highest BCUT2D eigenvalue weighted by atomic mass is 16.6. The van der Waals surface area contributed by atoms with Gasteiger partial charge in [0.05, 0.1) is 23.2 Å². The van der Waals surface area contributed by atoms with E-state index in [2.05, 4.69) is 5.10 Å². The molecule has 0 aliphatic heterocycles. The van der Waals surface area contributed by atoms with Crippen molar-refractivity contribution in [1.82, 2.24) is 9.78 Å². The fourth-order valence-corrected chi connectivity index (χ4v) is 1.60. The van der Waals surface area contributed by atoms with Crippen molar-refractivity contribution in [2.24, 2.45) is 5.73 Å². The van der Waals surface area contributed by atoms with Crippen LogP contribution < -0.4 is 5.73 Å². The first-order valence-electron chi connectivity index (χ1n) is 5.14. The summed E-state index contributed by atoms with van der Waals surface area (Å²) in [5, 5.41) is 14.9. The Morgan fingerprint density at radius 3 is 2.82 bits per heavy atom. The number of nitro groups is 1. The summed E-state index contributed by atoms with van der Waals surface area (Å²) < 4.78 is 1.64. The minimum Gasteiger partial charge on any atom is -0.326 e. The average Bonchev–Trinajstić information content (AvgIpc) is 2.77. The zero-order chi connectivity index (χ0) is 12.3. The average molecular weight is 232 g/mol. The molecule has 1 aromatic heterocycles. The summed E-state index contributed by atoms with van der Waals surface area (Å²) in [6, 6.07) is 6.64. The molecule has 0 amide bonds. The van der Waals surface area contributed by atoms with Gasteiger partial charge < -0.3 is 5.73 Å². The van der Waals surface area contributed by atoms with E-state index in [1.807, 2.05) is 0 Å². The minimum atomic E-state index is -0.386. The maximum atomic E-state index is 10.8. The lowest BCUT2D eigenvalue weighted by molar-refractivity contribution is -0.385. The number of benzene rings is 1. The summed E-state index contributed by atoms with van der Waals surface area (Å²) in [5.74, 6) is 0. The summed E-state index contributed by atoms with van der Waals surface area (Å²) in [4.78, 5) is 10.4. The van der Waals surface area contributed by atoms with Gasteiger partial charge in [0, 0.05) is 24.4 Å². The second-order valence-corrected chi connectivity index (χ2v) is 3.64. The quantitative estimate of drug-likeness (QED) is 0.635. The summed E-state index contributed by atoms with van der Waals surface area (Å²) in [5.41, 5.74) is 7.12. The molecule has 0 atom stereocenters. The second-order valence-electron chi connectivity index (χ2n) is 3.64. The summed E-state index contributed by atoms with van der Waals surface area (Å²) in [6.45, 7) is 0.786. The Kier molecular flexibility index (Phi) is 3.15. The van der Waals surface area contributed by atoms with E-state index in [-0.39, 0.29) is 10.6 Å². The maximum absolute atomic E-state index is 10.8. The Morgan fingerprint density at radius 2 is 2.18 bits per heavy atom. The third-order valence-electron chi connectivity index (χ3n) is 2.44. The van der Waals surface area contributed by atoms with Gasteiger partial charge in [0.2, 0.25) is 0 Å². The molecule has 2 rings (SSSR count). The van der Waals surface area contributed by atoms with Crippen LogP contribution in [-0.4, -0.2) is 14.7 Å². The molecular formula is C11H12N4O2. The number of aromatic nitrogens is 2. The topological polar surface area (TPSA) is 87.0 Å². The van der Waals surface area contributed by atoms with Crippen LogP contribution in [0.2, 0.25) is 0 Å². The lowest BCUT2D eigenvalue weighted by atomic mass is 10.2. The standard InChI is InChI=1S/C11H12N4O2/c12-5-9-6-13-14(7-9)8-10-3-1-2-4-11(10)15(16)17/h1-4,6-7H,5,8,12H2. The number of hydrogen-bond donors (Lipinski definition) is 1. The van der Waals surface area contributed by atoms with Crippen LogP contribution in [0.3, 0.4) is 0 Å². The monoisotopic (exact) mass is 232 g/mol. The van der Waals surface area contributed by atoms with Crippen molar-refractivity contribution < 1.29 is 4.92 Å². The van der Waals surface area contributed by atoms with Gasteiger partial charge in [-0.2, -0.15) is 5.10 Å². The zero-order valence-corrected chi connectivity index (χ0v) is 9.11. The summed E-state index contributed by atoms with van der Waals surface area (Å²) in [7, 11) is 0. The molecule has 2 N–H and O–H groups in total. The predicted molar refractivity (Wildman–Crippen MR) is 62.3 cm³/mol. The first-order chi connectivity index (χ1) is 8.20. The summed E-state index contributed by atoms with van der Waals surface area (Å²) in [6.07, 6.45) is 3.45. The molecule has 0 bridgehead atoms. The van der Waals surface area contributed by atoms with Crippen molar-refractivity contribution in [2.45, 2.75) is 13.1 Å². The van der Waals surface area contributed by atoms with Crippen LogP contribution in [-0.2, 0) is 13.1 Å².